The molecule has 1 saturated heterocycles. The molecule has 4 saturated carbocycles. The fourth-order valence-electron chi connectivity index (χ4n) is 10.5. The Morgan fingerprint density at radius 2 is 1.74 bits per heavy atom. The molecule has 0 aromatic rings. The smallest absolute Gasteiger partial charge is 0.310 e. The number of esters is 1. The average molecular weight is 532 g/mol. The predicted octanol–water partition coefficient (Wildman–Crippen LogP) is 5.20. The Morgan fingerprint density at radius 3 is 2.50 bits per heavy atom. The maximum atomic E-state index is 13.2. The van der Waals surface area contributed by atoms with Gasteiger partial charge in [0.15, 0.2) is 0 Å². The summed E-state index contributed by atoms with van der Waals surface area (Å²) < 4.78 is 5.22. The number of likely N-dealkylation sites (tertiary alicyclic amines) is 1. The molecule has 0 aromatic carbocycles. The van der Waals surface area contributed by atoms with Crippen LogP contribution in [0.5, 0.6) is 0 Å². The first kappa shape index (κ1) is 28.4. The summed E-state index contributed by atoms with van der Waals surface area (Å²) in [6, 6.07) is 0. The van der Waals surface area contributed by atoms with E-state index in [9.17, 15) is 19.8 Å². The molecule has 0 aromatic heterocycles. The minimum absolute atomic E-state index is 0.159. The minimum atomic E-state index is -0.241. The van der Waals surface area contributed by atoms with Crippen molar-refractivity contribution in [2.75, 3.05) is 19.7 Å². The van der Waals surface area contributed by atoms with Crippen molar-refractivity contribution in [3.05, 3.63) is 0 Å². The van der Waals surface area contributed by atoms with Crippen LogP contribution in [-0.4, -0.2) is 58.9 Å². The lowest BCUT2D eigenvalue weighted by atomic mass is 9.43. The lowest BCUT2D eigenvalue weighted by Crippen LogP contribution is -2.58. The second kappa shape index (κ2) is 11.0. The molecule has 1 aliphatic heterocycles. The van der Waals surface area contributed by atoms with Gasteiger partial charge in [-0.15, -0.1) is 0 Å². The maximum Gasteiger partial charge on any atom is 0.310 e. The van der Waals surface area contributed by atoms with E-state index in [0.29, 0.717) is 55.1 Å². The zero-order valence-electron chi connectivity index (χ0n) is 24.4. The van der Waals surface area contributed by atoms with Crippen LogP contribution >= 0.6 is 0 Å². The van der Waals surface area contributed by atoms with Gasteiger partial charge in [0.05, 0.1) is 24.7 Å². The highest BCUT2D eigenvalue weighted by Crippen LogP contribution is 2.68. The van der Waals surface area contributed by atoms with Gasteiger partial charge in [0, 0.05) is 19.5 Å². The molecule has 6 unspecified atom stereocenters. The van der Waals surface area contributed by atoms with Crippen LogP contribution < -0.4 is 0 Å². The molecule has 0 spiro atoms. The third-order valence-electron chi connectivity index (χ3n) is 12.6. The zero-order valence-corrected chi connectivity index (χ0v) is 24.4. The third kappa shape index (κ3) is 4.95. The molecule has 5 rings (SSSR count). The SMILES string of the molecule is CCOC(=O)C1CCCN(C(=O)CCC(C)C2CCC3C4C(CC[C@]23C)[C@@]2(C)CC[C@@H](O)C[C@H]2C[C@@H]4O)C1. The number of hydrogen-bond acceptors (Lipinski definition) is 5. The van der Waals surface area contributed by atoms with Crippen LogP contribution in [0.3, 0.4) is 0 Å². The third-order valence-corrected chi connectivity index (χ3v) is 12.6. The van der Waals surface area contributed by atoms with Gasteiger partial charge < -0.3 is 19.8 Å². The standard InChI is InChI=1S/C32H53NO5/c1-5-38-30(37)21-7-6-16-33(19-21)28(36)11-8-20(2)24-9-10-25-29-26(13-15-32(24,25)4)31(3)14-12-23(34)17-22(31)18-27(29)35/h20-27,29,34-35H,5-19H2,1-4H3/t20?,21?,22-,23+,24?,25?,26?,27-,29?,31-,32+/m0/s1. The molecule has 1 amide bonds. The number of fused-ring (bicyclic) bond motifs is 5. The number of carbonyl (C=O) groups excluding carboxylic acids is 2. The fourth-order valence-corrected chi connectivity index (χ4v) is 10.5. The summed E-state index contributed by atoms with van der Waals surface area (Å²) in [5.41, 5.74) is 0.499. The summed E-state index contributed by atoms with van der Waals surface area (Å²) >= 11 is 0. The van der Waals surface area contributed by atoms with Gasteiger partial charge in [0.1, 0.15) is 0 Å². The highest BCUT2D eigenvalue weighted by molar-refractivity contribution is 5.78. The van der Waals surface area contributed by atoms with E-state index in [1.54, 1.807) is 0 Å². The monoisotopic (exact) mass is 531 g/mol. The van der Waals surface area contributed by atoms with Crippen LogP contribution in [0.2, 0.25) is 0 Å². The topological polar surface area (TPSA) is 87.1 Å². The Labute approximate surface area is 230 Å². The quantitative estimate of drug-likeness (QED) is 0.461. The normalized spacial score (nSPS) is 45.5. The number of nitrogens with zero attached hydrogens (tertiary/aromatic N) is 1. The van der Waals surface area contributed by atoms with Crippen LogP contribution in [0.4, 0.5) is 0 Å². The van der Waals surface area contributed by atoms with E-state index in [2.05, 4.69) is 20.8 Å². The summed E-state index contributed by atoms with van der Waals surface area (Å²) in [4.78, 5) is 27.3. The second-order valence-electron chi connectivity index (χ2n) is 14.4. The molecule has 38 heavy (non-hydrogen) atoms. The van der Waals surface area contributed by atoms with E-state index in [0.717, 1.165) is 51.5 Å². The molecule has 5 fully saturated rings. The van der Waals surface area contributed by atoms with Crippen LogP contribution in [0, 0.1) is 52.3 Å². The van der Waals surface area contributed by atoms with Gasteiger partial charge in [-0.1, -0.05) is 20.8 Å². The van der Waals surface area contributed by atoms with Crippen LogP contribution in [0.1, 0.15) is 105 Å². The lowest BCUT2D eigenvalue weighted by molar-refractivity contribution is -0.174. The maximum absolute atomic E-state index is 13.2. The van der Waals surface area contributed by atoms with Crippen molar-refractivity contribution in [2.24, 2.45) is 52.3 Å². The summed E-state index contributed by atoms with van der Waals surface area (Å²) in [7, 11) is 0. The molecular weight excluding hydrogens is 478 g/mol. The Kier molecular flexibility index (Phi) is 8.24. The molecule has 0 radical (unpaired) electrons. The summed E-state index contributed by atoms with van der Waals surface area (Å²) in [6.45, 7) is 10.8. The van der Waals surface area contributed by atoms with Crippen molar-refractivity contribution < 1.29 is 24.5 Å². The number of aliphatic hydroxyl groups is 2. The Bertz CT molecular complexity index is 878. The van der Waals surface area contributed by atoms with Crippen molar-refractivity contribution in [2.45, 2.75) is 117 Å². The number of ether oxygens (including phenoxy) is 1. The number of carbonyl (C=O) groups is 2. The zero-order chi connectivity index (χ0) is 27.2. The van der Waals surface area contributed by atoms with E-state index in [4.69, 9.17) is 4.74 Å². The highest BCUT2D eigenvalue weighted by atomic mass is 16.5. The fraction of sp³-hybridized carbons (Fsp3) is 0.938. The summed E-state index contributed by atoms with van der Waals surface area (Å²) in [5.74, 6) is 2.91. The van der Waals surface area contributed by atoms with Gasteiger partial charge >= 0.3 is 5.97 Å². The second-order valence-corrected chi connectivity index (χ2v) is 14.4. The van der Waals surface area contributed by atoms with Gasteiger partial charge in [-0.3, -0.25) is 9.59 Å². The Balaban J connectivity index is 1.20. The van der Waals surface area contributed by atoms with Crippen LogP contribution in [0.15, 0.2) is 0 Å². The van der Waals surface area contributed by atoms with E-state index < -0.39 is 0 Å². The summed E-state index contributed by atoms with van der Waals surface area (Å²) in [6.07, 6.45) is 11.3. The first-order chi connectivity index (χ1) is 18.1. The number of hydrogen-bond donors (Lipinski definition) is 2. The van der Waals surface area contributed by atoms with Gasteiger partial charge in [-0.25, -0.2) is 0 Å². The van der Waals surface area contributed by atoms with Crippen molar-refractivity contribution in [3.63, 3.8) is 0 Å². The van der Waals surface area contributed by atoms with E-state index in [1.807, 2.05) is 11.8 Å². The molecular formula is C32H53NO5. The lowest BCUT2D eigenvalue weighted by Gasteiger charge is -2.62. The molecule has 4 aliphatic carbocycles. The Morgan fingerprint density at radius 1 is 1.00 bits per heavy atom. The molecule has 5 aliphatic rings. The Hall–Kier alpha value is -1.14. The number of piperidine rings is 1. The van der Waals surface area contributed by atoms with Crippen molar-refractivity contribution >= 4 is 11.9 Å². The van der Waals surface area contributed by atoms with E-state index in [1.165, 1.54) is 25.7 Å². The number of amides is 1. The molecule has 6 nitrogen and oxygen atoms in total. The predicted molar refractivity (Wildman–Crippen MR) is 147 cm³/mol. The van der Waals surface area contributed by atoms with Gasteiger partial charge in [-0.2, -0.15) is 0 Å². The molecule has 2 N–H and O–H groups in total. The summed E-state index contributed by atoms with van der Waals surface area (Å²) in [5, 5.41) is 21.8. The van der Waals surface area contributed by atoms with Gasteiger partial charge in [0.25, 0.3) is 0 Å². The van der Waals surface area contributed by atoms with E-state index in [-0.39, 0.29) is 40.8 Å². The first-order valence-electron chi connectivity index (χ1n) is 15.9. The van der Waals surface area contributed by atoms with Crippen LogP contribution in [-0.2, 0) is 14.3 Å². The van der Waals surface area contributed by atoms with Gasteiger partial charge in [0.2, 0.25) is 5.91 Å². The number of rotatable bonds is 6. The molecule has 1 heterocycles. The molecule has 6 heteroatoms. The first-order valence-corrected chi connectivity index (χ1v) is 15.9. The molecule has 0 bridgehead atoms. The minimum Gasteiger partial charge on any atom is -0.466 e. The van der Waals surface area contributed by atoms with Crippen LogP contribution in [0.25, 0.3) is 0 Å². The molecule has 11 atom stereocenters. The highest BCUT2D eigenvalue weighted by Gasteiger charge is 2.62. The van der Waals surface area contributed by atoms with Crippen molar-refractivity contribution in [3.8, 4) is 0 Å². The van der Waals surface area contributed by atoms with E-state index >= 15 is 0 Å². The molecule has 216 valence electrons. The average Bonchev–Trinajstić information content (AvgIpc) is 3.25. The van der Waals surface area contributed by atoms with Crippen molar-refractivity contribution in [1.29, 1.82) is 0 Å². The largest absolute Gasteiger partial charge is 0.466 e. The van der Waals surface area contributed by atoms with Crippen molar-refractivity contribution in [1.82, 2.24) is 4.90 Å². The van der Waals surface area contributed by atoms with Gasteiger partial charge in [-0.05, 0) is 124 Å². The number of aliphatic hydroxyl groups excluding tert-OH is 2.